The van der Waals surface area contributed by atoms with E-state index in [1.54, 1.807) is 0 Å². The number of hydrogen-bond donors (Lipinski definition) is 0. The van der Waals surface area contributed by atoms with Gasteiger partial charge in [0.05, 0.1) is 17.6 Å². The first-order valence-electron chi connectivity index (χ1n) is 3.34. The second-order valence-corrected chi connectivity index (χ2v) is 3.71. The van der Waals surface area contributed by atoms with Gasteiger partial charge in [0.2, 0.25) is 0 Å². The zero-order valence-electron chi connectivity index (χ0n) is 6.66. The van der Waals surface area contributed by atoms with Gasteiger partial charge in [-0.1, -0.05) is 15.9 Å². The summed E-state index contributed by atoms with van der Waals surface area (Å²) in [5.41, 5.74) is -0.213. The number of rotatable bonds is 4. The van der Waals surface area contributed by atoms with E-state index in [1.165, 1.54) is 0 Å². The molecule has 0 fully saturated rings. The van der Waals surface area contributed by atoms with Gasteiger partial charge in [0.1, 0.15) is 0 Å². The van der Waals surface area contributed by atoms with E-state index in [0.717, 1.165) is 5.33 Å². The SMILES string of the molecule is CC(C)OC(C)(CCl)CBr. The summed E-state index contributed by atoms with van der Waals surface area (Å²) in [4.78, 5) is 0. The molecule has 0 saturated heterocycles. The smallest absolute Gasteiger partial charge is 0.0888 e. The van der Waals surface area contributed by atoms with Gasteiger partial charge in [-0.05, 0) is 20.8 Å². The summed E-state index contributed by atoms with van der Waals surface area (Å²) < 4.78 is 5.56. The molecule has 1 atom stereocenters. The van der Waals surface area contributed by atoms with Crippen LogP contribution in [-0.2, 0) is 4.74 Å². The largest absolute Gasteiger partial charge is 0.371 e. The van der Waals surface area contributed by atoms with E-state index in [-0.39, 0.29) is 11.7 Å². The van der Waals surface area contributed by atoms with Crippen molar-refractivity contribution in [2.24, 2.45) is 0 Å². The maximum absolute atomic E-state index is 5.70. The van der Waals surface area contributed by atoms with Crippen molar-refractivity contribution in [3.63, 3.8) is 0 Å². The third-order valence-corrected chi connectivity index (χ3v) is 2.84. The van der Waals surface area contributed by atoms with Crippen LogP contribution in [0.15, 0.2) is 0 Å². The van der Waals surface area contributed by atoms with E-state index in [0.29, 0.717) is 5.88 Å². The Bertz CT molecular complexity index is 91.6. The Kier molecular flexibility index (Phi) is 4.91. The van der Waals surface area contributed by atoms with Gasteiger partial charge in [-0.25, -0.2) is 0 Å². The Balaban J connectivity index is 3.80. The standard InChI is InChI=1S/C7H14BrClO/c1-6(2)10-7(3,4-8)5-9/h6H,4-5H2,1-3H3. The molecule has 0 aliphatic carbocycles. The fraction of sp³-hybridized carbons (Fsp3) is 1.00. The molecule has 0 bridgehead atoms. The maximum atomic E-state index is 5.70. The van der Waals surface area contributed by atoms with Crippen molar-refractivity contribution in [2.45, 2.75) is 32.5 Å². The Labute approximate surface area is 76.2 Å². The summed E-state index contributed by atoms with van der Waals surface area (Å²) >= 11 is 9.05. The van der Waals surface area contributed by atoms with Crippen LogP contribution in [0.4, 0.5) is 0 Å². The Morgan fingerprint density at radius 1 is 1.60 bits per heavy atom. The van der Waals surface area contributed by atoms with Gasteiger partial charge in [-0.2, -0.15) is 0 Å². The zero-order chi connectivity index (χ0) is 8.20. The van der Waals surface area contributed by atoms with E-state index in [4.69, 9.17) is 16.3 Å². The molecule has 0 heterocycles. The predicted octanol–water partition coefficient (Wildman–Crippen LogP) is 2.80. The second-order valence-electron chi connectivity index (χ2n) is 2.88. The van der Waals surface area contributed by atoms with Gasteiger partial charge < -0.3 is 4.74 Å². The molecule has 0 aromatic carbocycles. The van der Waals surface area contributed by atoms with Gasteiger partial charge in [0, 0.05) is 5.33 Å². The first kappa shape index (κ1) is 10.7. The molecule has 0 rings (SSSR count). The molecule has 0 radical (unpaired) electrons. The lowest BCUT2D eigenvalue weighted by molar-refractivity contribution is -0.0359. The fourth-order valence-electron chi connectivity index (χ4n) is 0.668. The monoisotopic (exact) mass is 228 g/mol. The lowest BCUT2D eigenvalue weighted by Crippen LogP contribution is -2.35. The van der Waals surface area contributed by atoms with Crippen LogP contribution in [0.1, 0.15) is 20.8 Å². The van der Waals surface area contributed by atoms with Crippen LogP contribution in [0.5, 0.6) is 0 Å². The number of halogens is 2. The molecule has 1 nitrogen and oxygen atoms in total. The highest BCUT2D eigenvalue weighted by molar-refractivity contribution is 9.09. The van der Waals surface area contributed by atoms with Crippen LogP contribution < -0.4 is 0 Å². The summed E-state index contributed by atoms with van der Waals surface area (Å²) in [6, 6.07) is 0. The van der Waals surface area contributed by atoms with Crippen molar-refractivity contribution in [1.29, 1.82) is 0 Å². The summed E-state index contributed by atoms with van der Waals surface area (Å²) in [5.74, 6) is 0.524. The molecule has 0 N–H and O–H groups in total. The molecule has 1 unspecified atom stereocenters. The van der Waals surface area contributed by atoms with Gasteiger partial charge in [0.15, 0.2) is 0 Å². The molecular formula is C7H14BrClO. The number of alkyl halides is 2. The first-order valence-corrected chi connectivity index (χ1v) is 4.99. The molecular weight excluding hydrogens is 215 g/mol. The molecule has 0 aromatic heterocycles. The van der Waals surface area contributed by atoms with Crippen molar-refractivity contribution in [3.05, 3.63) is 0 Å². The van der Waals surface area contributed by atoms with Crippen LogP contribution in [0.2, 0.25) is 0 Å². The summed E-state index contributed by atoms with van der Waals surface area (Å²) in [6.45, 7) is 6.01. The predicted molar refractivity (Wildman–Crippen MR) is 49.1 cm³/mol. The van der Waals surface area contributed by atoms with Crippen LogP contribution in [0.3, 0.4) is 0 Å². The van der Waals surface area contributed by atoms with E-state index >= 15 is 0 Å². The molecule has 10 heavy (non-hydrogen) atoms. The normalized spacial score (nSPS) is 17.4. The van der Waals surface area contributed by atoms with Gasteiger partial charge in [-0.3, -0.25) is 0 Å². The number of hydrogen-bond acceptors (Lipinski definition) is 1. The lowest BCUT2D eigenvalue weighted by Gasteiger charge is -2.27. The molecule has 0 amide bonds. The Morgan fingerprint density at radius 2 is 2.10 bits per heavy atom. The average molecular weight is 230 g/mol. The molecule has 0 spiro atoms. The van der Waals surface area contributed by atoms with Crippen LogP contribution in [0, 0.1) is 0 Å². The quantitative estimate of drug-likeness (QED) is 0.674. The van der Waals surface area contributed by atoms with Crippen molar-refractivity contribution in [3.8, 4) is 0 Å². The Morgan fingerprint density at radius 3 is 2.20 bits per heavy atom. The highest BCUT2D eigenvalue weighted by Crippen LogP contribution is 2.17. The highest BCUT2D eigenvalue weighted by Gasteiger charge is 2.23. The molecule has 3 heteroatoms. The minimum absolute atomic E-state index is 0.213. The van der Waals surface area contributed by atoms with E-state index < -0.39 is 0 Å². The van der Waals surface area contributed by atoms with Crippen molar-refractivity contribution in [1.82, 2.24) is 0 Å². The summed E-state index contributed by atoms with van der Waals surface area (Å²) in [5, 5.41) is 0.779. The molecule has 0 aliphatic rings. The third-order valence-electron chi connectivity index (χ3n) is 1.09. The minimum Gasteiger partial charge on any atom is -0.371 e. The topological polar surface area (TPSA) is 9.23 Å². The molecule has 62 valence electrons. The third kappa shape index (κ3) is 3.79. The fourth-order valence-corrected chi connectivity index (χ4v) is 1.38. The second kappa shape index (κ2) is 4.58. The van der Waals surface area contributed by atoms with Crippen LogP contribution in [0.25, 0.3) is 0 Å². The lowest BCUT2D eigenvalue weighted by atomic mass is 10.2. The minimum atomic E-state index is -0.213. The van der Waals surface area contributed by atoms with Crippen LogP contribution >= 0.6 is 27.5 Å². The molecule has 0 saturated carbocycles. The molecule has 0 aromatic rings. The number of ether oxygens (including phenoxy) is 1. The van der Waals surface area contributed by atoms with E-state index in [2.05, 4.69) is 15.9 Å². The zero-order valence-corrected chi connectivity index (χ0v) is 9.00. The summed E-state index contributed by atoms with van der Waals surface area (Å²) in [7, 11) is 0. The van der Waals surface area contributed by atoms with E-state index in [9.17, 15) is 0 Å². The Hall–Kier alpha value is 0.730. The van der Waals surface area contributed by atoms with Crippen LogP contribution in [-0.4, -0.2) is 22.9 Å². The van der Waals surface area contributed by atoms with Crippen molar-refractivity contribution >= 4 is 27.5 Å². The van der Waals surface area contributed by atoms with Gasteiger partial charge in [-0.15, -0.1) is 11.6 Å². The van der Waals surface area contributed by atoms with Gasteiger partial charge >= 0.3 is 0 Å². The van der Waals surface area contributed by atoms with Crippen molar-refractivity contribution in [2.75, 3.05) is 11.2 Å². The maximum Gasteiger partial charge on any atom is 0.0888 e. The molecule has 0 aliphatic heterocycles. The summed E-state index contributed by atoms with van der Waals surface area (Å²) in [6.07, 6.45) is 0.237. The van der Waals surface area contributed by atoms with Crippen molar-refractivity contribution < 1.29 is 4.74 Å². The first-order chi connectivity index (χ1) is 4.54. The van der Waals surface area contributed by atoms with Gasteiger partial charge in [0.25, 0.3) is 0 Å². The van der Waals surface area contributed by atoms with E-state index in [1.807, 2.05) is 20.8 Å². The average Bonchev–Trinajstić information content (AvgIpc) is 1.87. The highest BCUT2D eigenvalue weighted by atomic mass is 79.9.